The molecule has 0 amide bonds. The van der Waals surface area contributed by atoms with E-state index in [2.05, 4.69) is 34.2 Å². The SMILES string of the molecule is CC(C)Cc1noc(CSc2n[nH]c(=O)n2C)n1. The van der Waals surface area contributed by atoms with Crippen LogP contribution in [0, 0.1) is 5.92 Å². The van der Waals surface area contributed by atoms with Gasteiger partial charge < -0.3 is 4.52 Å². The molecule has 1 N–H and O–H groups in total. The standard InChI is InChI=1S/C10H15N5O2S/c1-6(2)4-7-11-8(17-14-7)5-18-10-13-12-9(16)15(10)3/h6H,4-5H2,1-3H3,(H,12,16). The zero-order chi connectivity index (χ0) is 13.1. The molecule has 0 radical (unpaired) electrons. The van der Waals surface area contributed by atoms with Crippen molar-refractivity contribution in [2.75, 3.05) is 0 Å². The third-order valence-electron chi connectivity index (χ3n) is 2.26. The second kappa shape index (κ2) is 5.38. The molecule has 0 aliphatic carbocycles. The van der Waals surface area contributed by atoms with Crippen LogP contribution in [-0.4, -0.2) is 24.9 Å². The Hall–Kier alpha value is -1.57. The first-order valence-electron chi connectivity index (χ1n) is 5.62. The molecule has 2 aromatic heterocycles. The predicted octanol–water partition coefficient (Wildman–Crippen LogP) is 0.982. The van der Waals surface area contributed by atoms with E-state index in [1.807, 2.05) is 0 Å². The predicted molar refractivity (Wildman–Crippen MR) is 66.2 cm³/mol. The first-order chi connectivity index (χ1) is 8.56. The van der Waals surface area contributed by atoms with Gasteiger partial charge in [-0.05, 0) is 5.92 Å². The van der Waals surface area contributed by atoms with Crippen LogP contribution in [0.1, 0.15) is 25.6 Å². The van der Waals surface area contributed by atoms with Crippen LogP contribution in [0.25, 0.3) is 0 Å². The Morgan fingerprint density at radius 2 is 2.28 bits per heavy atom. The molecule has 0 bridgehead atoms. The van der Waals surface area contributed by atoms with Crippen LogP contribution in [0.4, 0.5) is 0 Å². The minimum absolute atomic E-state index is 0.233. The summed E-state index contributed by atoms with van der Waals surface area (Å²) < 4.78 is 6.57. The van der Waals surface area contributed by atoms with E-state index in [4.69, 9.17) is 4.52 Å². The summed E-state index contributed by atoms with van der Waals surface area (Å²) in [7, 11) is 1.66. The summed E-state index contributed by atoms with van der Waals surface area (Å²) >= 11 is 1.38. The van der Waals surface area contributed by atoms with Crippen LogP contribution in [0.3, 0.4) is 0 Å². The summed E-state index contributed by atoms with van der Waals surface area (Å²) in [5, 5.41) is 10.8. The molecule has 0 aliphatic heterocycles. The fourth-order valence-electron chi connectivity index (χ4n) is 1.38. The molecule has 0 saturated heterocycles. The third kappa shape index (κ3) is 3.00. The minimum Gasteiger partial charge on any atom is -0.338 e. The number of aromatic nitrogens is 5. The highest BCUT2D eigenvalue weighted by Crippen LogP contribution is 2.18. The van der Waals surface area contributed by atoms with Gasteiger partial charge in [0.15, 0.2) is 11.0 Å². The molecule has 0 unspecified atom stereocenters. The van der Waals surface area contributed by atoms with E-state index < -0.39 is 0 Å². The highest BCUT2D eigenvalue weighted by atomic mass is 32.2. The monoisotopic (exact) mass is 269 g/mol. The van der Waals surface area contributed by atoms with Crippen LogP contribution in [0.5, 0.6) is 0 Å². The second-order valence-corrected chi connectivity index (χ2v) is 5.30. The Morgan fingerprint density at radius 3 is 2.89 bits per heavy atom. The van der Waals surface area contributed by atoms with Crippen molar-refractivity contribution in [2.24, 2.45) is 13.0 Å². The van der Waals surface area contributed by atoms with Crippen molar-refractivity contribution < 1.29 is 4.52 Å². The first-order valence-corrected chi connectivity index (χ1v) is 6.60. The molecule has 0 spiro atoms. The van der Waals surface area contributed by atoms with E-state index in [0.29, 0.717) is 22.7 Å². The molecule has 0 aromatic carbocycles. The van der Waals surface area contributed by atoms with Gasteiger partial charge in [0.1, 0.15) is 0 Å². The quantitative estimate of drug-likeness (QED) is 0.814. The Balaban J connectivity index is 1.96. The zero-order valence-electron chi connectivity index (χ0n) is 10.5. The third-order valence-corrected chi connectivity index (χ3v) is 3.28. The van der Waals surface area contributed by atoms with Crippen molar-refractivity contribution in [3.63, 3.8) is 0 Å². The summed E-state index contributed by atoms with van der Waals surface area (Å²) in [4.78, 5) is 15.4. The van der Waals surface area contributed by atoms with Crippen LogP contribution in [0.15, 0.2) is 14.5 Å². The summed E-state index contributed by atoms with van der Waals surface area (Å²) in [6.45, 7) is 4.20. The van der Waals surface area contributed by atoms with E-state index >= 15 is 0 Å². The van der Waals surface area contributed by atoms with Gasteiger partial charge in [-0.2, -0.15) is 4.98 Å². The van der Waals surface area contributed by atoms with Crippen LogP contribution in [-0.2, 0) is 19.2 Å². The van der Waals surface area contributed by atoms with Crippen molar-refractivity contribution in [3.8, 4) is 0 Å². The lowest BCUT2D eigenvalue weighted by atomic mass is 10.1. The molecular formula is C10H15N5O2S. The number of thioether (sulfide) groups is 1. The highest BCUT2D eigenvalue weighted by Gasteiger charge is 2.11. The topological polar surface area (TPSA) is 89.6 Å². The molecule has 0 atom stereocenters. The van der Waals surface area contributed by atoms with E-state index in [1.165, 1.54) is 16.3 Å². The molecule has 2 heterocycles. The molecular weight excluding hydrogens is 254 g/mol. The molecule has 0 fully saturated rings. The van der Waals surface area contributed by atoms with E-state index in [9.17, 15) is 4.79 Å². The van der Waals surface area contributed by atoms with Gasteiger partial charge in [0.05, 0.1) is 5.75 Å². The van der Waals surface area contributed by atoms with Crippen molar-refractivity contribution in [1.82, 2.24) is 24.9 Å². The fraction of sp³-hybridized carbons (Fsp3) is 0.600. The summed E-state index contributed by atoms with van der Waals surface area (Å²) in [6.07, 6.45) is 0.801. The van der Waals surface area contributed by atoms with Crippen LogP contribution < -0.4 is 5.69 Å². The number of hydrogen-bond donors (Lipinski definition) is 1. The normalized spacial score (nSPS) is 11.3. The Bertz CT molecular complexity index is 571. The number of H-pyrrole nitrogens is 1. The molecule has 98 valence electrons. The maximum atomic E-state index is 11.2. The zero-order valence-corrected chi connectivity index (χ0v) is 11.3. The van der Waals surface area contributed by atoms with Gasteiger partial charge in [0.2, 0.25) is 5.89 Å². The average Bonchev–Trinajstić information content (AvgIpc) is 2.86. The number of aromatic amines is 1. The van der Waals surface area contributed by atoms with Gasteiger partial charge in [0, 0.05) is 13.5 Å². The van der Waals surface area contributed by atoms with Gasteiger partial charge in [0.25, 0.3) is 0 Å². The fourth-order valence-corrected chi connectivity index (χ4v) is 2.14. The number of hydrogen-bond acceptors (Lipinski definition) is 6. The van der Waals surface area contributed by atoms with Gasteiger partial charge in [-0.3, -0.25) is 4.57 Å². The lowest BCUT2D eigenvalue weighted by molar-refractivity contribution is 0.382. The van der Waals surface area contributed by atoms with Crippen molar-refractivity contribution in [1.29, 1.82) is 0 Å². The first kappa shape index (κ1) is 12.9. The summed E-state index contributed by atoms with van der Waals surface area (Å²) in [6, 6.07) is 0. The Morgan fingerprint density at radius 1 is 1.50 bits per heavy atom. The van der Waals surface area contributed by atoms with Gasteiger partial charge in [-0.25, -0.2) is 9.89 Å². The van der Waals surface area contributed by atoms with Gasteiger partial charge in [-0.1, -0.05) is 30.8 Å². The maximum absolute atomic E-state index is 11.2. The average molecular weight is 269 g/mol. The van der Waals surface area contributed by atoms with Crippen molar-refractivity contribution in [2.45, 2.75) is 31.2 Å². The van der Waals surface area contributed by atoms with Gasteiger partial charge >= 0.3 is 5.69 Å². The lowest BCUT2D eigenvalue weighted by Crippen LogP contribution is -2.12. The molecule has 7 nitrogen and oxygen atoms in total. The Kier molecular flexibility index (Phi) is 3.85. The molecule has 2 rings (SSSR count). The van der Waals surface area contributed by atoms with Crippen LogP contribution >= 0.6 is 11.8 Å². The molecule has 8 heteroatoms. The molecule has 0 aliphatic rings. The molecule has 2 aromatic rings. The van der Waals surface area contributed by atoms with Crippen LogP contribution in [0.2, 0.25) is 0 Å². The minimum atomic E-state index is -0.233. The number of nitrogens with zero attached hydrogens (tertiary/aromatic N) is 4. The smallest absolute Gasteiger partial charge is 0.338 e. The van der Waals surface area contributed by atoms with Gasteiger partial charge in [-0.15, -0.1) is 5.10 Å². The highest BCUT2D eigenvalue weighted by molar-refractivity contribution is 7.98. The molecule has 0 saturated carbocycles. The van der Waals surface area contributed by atoms with Crippen molar-refractivity contribution in [3.05, 3.63) is 22.2 Å². The second-order valence-electron chi connectivity index (χ2n) is 4.36. The number of nitrogens with one attached hydrogen (secondary N) is 1. The Labute approximate surface area is 108 Å². The van der Waals surface area contributed by atoms with E-state index in [-0.39, 0.29) is 5.69 Å². The maximum Gasteiger partial charge on any atom is 0.343 e. The lowest BCUT2D eigenvalue weighted by Gasteiger charge is -1.96. The largest absolute Gasteiger partial charge is 0.343 e. The summed E-state index contributed by atoms with van der Waals surface area (Å²) in [5.74, 6) is 2.27. The van der Waals surface area contributed by atoms with E-state index in [1.54, 1.807) is 7.05 Å². The number of rotatable bonds is 5. The molecule has 18 heavy (non-hydrogen) atoms. The summed E-state index contributed by atoms with van der Waals surface area (Å²) in [5.41, 5.74) is -0.233. The van der Waals surface area contributed by atoms with E-state index in [0.717, 1.165) is 12.2 Å². The van der Waals surface area contributed by atoms with Crippen molar-refractivity contribution >= 4 is 11.8 Å².